The van der Waals surface area contributed by atoms with E-state index in [9.17, 15) is 5.26 Å². The number of hydrogen-bond acceptors (Lipinski definition) is 4. The Morgan fingerprint density at radius 3 is 1.45 bits per heavy atom. The van der Waals surface area contributed by atoms with Gasteiger partial charge in [0, 0.05) is 52.0 Å². The molecule has 2 heterocycles. The van der Waals surface area contributed by atoms with Gasteiger partial charge < -0.3 is 4.90 Å². The standard InChI is InChI=1S/C44H25N3S2/c1-46-33-14-22-40-39-21-13-32(25-43(39)49-44(40)26-33)30-10-17-36(18-11-30)47(34-5-3-2-4-6-34)35-15-8-29(9-16-35)31-12-20-38-37-19-7-28(27-45)23-41(37)48-42(38)24-31/h2-26H. The number of fused-ring (bicyclic) bond motifs is 6. The number of thiophene rings is 2. The first-order valence-electron chi connectivity index (χ1n) is 15.9. The summed E-state index contributed by atoms with van der Waals surface area (Å²) >= 11 is 3.48. The van der Waals surface area contributed by atoms with Crippen molar-refractivity contribution in [1.82, 2.24) is 0 Å². The van der Waals surface area contributed by atoms with E-state index < -0.39 is 0 Å². The summed E-state index contributed by atoms with van der Waals surface area (Å²) in [6.07, 6.45) is 0. The Morgan fingerprint density at radius 2 is 0.918 bits per heavy atom. The predicted octanol–water partition coefficient (Wildman–Crippen LogP) is 13.6. The number of rotatable bonds is 5. The molecule has 5 heteroatoms. The maximum Gasteiger partial charge on any atom is 0.188 e. The molecule has 9 aromatic rings. The van der Waals surface area contributed by atoms with Crippen molar-refractivity contribution < 1.29 is 0 Å². The lowest BCUT2D eigenvalue weighted by molar-refractivity contribution is 1.28. The maximum absolute atomic E-state index is 9.34. The van der Waals surface area contributed by atoms with Crippen LogP contribution in [-0.2, 0) is 0 Å². The molecule has 0 amide bonds. The van der Waals surface area contributed by atoms with Gasteiger partial charge in [0.15, 0.2) is 5.69 Å². The van der Waals surface area contributed by atoms with Crippen molar-refractivity contribution in [2.45, 2.75) is 0 Å². The van der Waals surface area contributed by atoms with E-state index in [1.54, 1.807) is 22.7 Å². The van der Waals surface area contributed by atoms with E-state index in [-0.39, 0.29) is 0 Å². The summed E-state index contributed by atoms with van der Waals surface area (Å²) in [6.45, 7) is 7.37. The monoisotopic (exact) mass is 659 g/mol. The van der Waals surface area contributed by atoms with Gasteiger partial charge in [-0.05, 0) is 94.4 Å². The minimum absolute atomic E-state index is 0.678. The van der Waals surface area contributed by atoms with Crippen molar-refractivity contribution in [3.05, 3.63) is 169 Å². The average molecular weight is 660 g/mol. The van der Waals surface area contributed by atoms with E-state index >= 15 is 0 Å². The summed E-state index contributed by atoms with van der Waals surface area (Å²) in [6, 6.07) is 55.5. The van der Waals surface area contributed by atoms with Gasteiger partial charge in [-0.15, -0.1) is 22.7 Å². The van der Waals surface area contributed by atoms with Crippen LogP contribution in [0.3, 0.4) is 0 Å². The molecule has 0 radical (unpaired) electrons. The Balaban J connectivity index is 1.04. The van der Waals surface area contributed by atoms with Crippen molar-refractivity contribution in [3.8, 4) is 28.3 Å². The Hall–Kier alpha value is -6.24. The maximum atomic E-state index is 9.34. The second-order valence-electron chi connectivity index (χ2n) is 12.0. The molecule has 3 nitrogen and oxygen atoms in total. The smallest absolute Gasteiger partial charge is 0.188 e. The van der Waals surface area contributed by atoms with Crippen LogP contribution in [0.25, 0.3) is 67.4 Å². The minimum atomic E-state index is 0.678. The lowest BCUT2D eigenvalue weighted by Crippen LogP contribution is -2.09. The highest BCUT2D eigenvalue weighted by atomic mass is 32.1. The molecule has 7 aromatic carbocycles. The zero-order valence-electron chi connectivity index (χ0n) is 26.1. The van der Waals surface area contributed by atoms with Crippen molar-refractivity contribution >= 4 is 85.8 Å². The van der Waals surface area contributed by atoms with Crippen molar-refractivity contribution in [2.75, 3.05) is 4.90 Å². The topological polar surface area (TPSA) is 31.4 Å². The van der Waals surface area contributed by atoms with Gasteiger partial charge in [-0.3, -0.25) is 0 Å². The molecule has 49 heavy (non-hydrogen) atoms. The summed E-state index contributed by atoms with van der Waals surface area (Å²) in [5.41, 5.74) is 9.30. The molecule has 0 atom stereocenters. The lowest BCUT2D eigenvalue weighted by Gasteiger charge is -2.26. The van der Waals surface area contributed by atoms with Crippen LogP contribution in [0.15, 0.2) is 152 Å². The Bertz CT molecular complexity index is 2600. The molecule has 0 saturated carbocycles. The number of nitriles is 1. The molecule has 0 N–H and O–H groups in total. The fourth-order valence-corrected chi connectivity index (χ4v) is 9.03. The number of para-hydroxylation sites is 1. The Kier molecular flexibility index (Phi) is 6.95. The summed E-state index contributed by atoms with van der Waals surface area (Å²) in [7, 11) is 0. The fourth-order valence-electron chi connectivity index (χ4n) is 6.67. The number of hydrogen-bond donors (Lipinski definition) is 0. The van der Waals surface area contributed by atoms with Gasteiger partial charge >= 0.3 is 0 Å². The van der Waals surface area contributed by atoms with E-state index in [2.05, 4.69) is 137 Å². The summed E-state index contributed by atoms with van der Waals surface area (Å²) in [4.78, 5) is 5.90. The molecule has 9 rings (SSSR count). The van der Waals surface area contributed by atoms with Crippen LogP contribution in [-0.4, -0.2) is 0 Å². The van der Waals surface area contributed by atoms with Crippen LogP contribution in [0, 0.1) is 17.9 Å². The molecule has 0 aliphatic rings. The molecule has 228 valence electrons. The molecule has 0 saturated heterocycles. The van der Waals surface area contributed by atoms with Gasteiger partial charge in [0.25, 0.3) is 0 Å². The largest absolute Gasteiger partial charge is 0.311 e. The van der Waals surface area contributed by atoms with E-state index in [0.717, 1.165) is 37.6 Å². The zero-order chi connectivity index (χ0) is 32.9. The first kappa shape index (κ1) is 28.9. The molecular weight excluding hydrogens is 635 g/mol. The van der Waals surface area contributed by atoms with Crippen LogP contribution in [0.5, 0.6) is 0 Å². The van der Waals surface area contributed by atoms with Crippen LogP contribution >= 0.6 is 22.7 Å². The normalized spacial score (nSPS) is 11.2. The van der Waals surface area contributed by atoms with Gasteiger partial charge in [0.1, 0.15) is 0 Å². The molecule has 0 spiro atoms. The second kappa shape index (κ2) is 11.8. The molecule has 0 unspecified atom stereocenters. The first-order valence-corrected chi connectivity index (χ1v) is 17.5. The number of anilines is 3. The molecule has 0 fully saturated rings. The first-order chi connectivity index (χ1) is 24.1. The van der Waals surface area contributed by atoms with Crippen LogP contribution in [0.1, 0.15) is 5.56 Å². The molecule has 0 aliphatic heterocycles. The lowest BCUT2D eigenvalue weighted by atomic mass is 10.0. The zero-order valence-corrected chi connectivity index (χ0v) is 27.7. The number of benzene rings is 7. The van der Waals surface area contributed by atoms with Crippen molar-refractivity contribution in [2.24, 2.45) is 0 Å². The third-order valence-electron chi connectivity index (χ3n) is 9.12. The Labute approximate surface area is 291 Å². The third kappa shape index (κ3) is 5.10. The molecule has 0 aliphatic carbocycles. The predicted molar refractivity (Wildman–Crippen MR) is 209 cm³/mol. The molecule has 2 aromatic heterocycles. The van der Waals surface area contributed by atoms with Gasteiger partial charge in [-0.2, -0.15) is 5.26 Å². The molecular formula is C44H25N3S2. The highest BCUT2D eigenvalue weighted by molar-refractivity contribution is 7.26. The van der Waals surface area contributed by atoms with E-state index in [1.165, 1.54) is 42.1 Å². The Morgan fingerprint density at radius 1 is 0.469 bits per heavy atom. The fraction of sp³-hybridized carbons (Fsp3) is 0. The van der Waals surface area contributed by atoms with Gasteiger partial charge in [-0.1, -0.05) is 84.9 Å². The summed E-state index contributed by atoms with van der Waals surface area (Å²) < 4.78 is 4.74. The van der Waals surface area contributed by atoms with Gasteiger partial charge in [0.05, 0.1) is 18.2 Å². The highest BCUT2D eigenvalue weighted by Crippen LogP contribution is 2.41. The van der Waals surface area contributed by atoms with E-state index in [0.29, 0.717) is 11.3 Å². The van der Waals surface area contributed by atoms with Crippen LogP contribution < -0.4 is 4.90 Å². The average Bonchev–Trinajstić information content (AvgIpc) is 3.72. The SMILES string of the molecule is [C-]#[N+]c1ccc2c(c1)sc1cc(-c3ccc(N(c4ccccc4)c4ccc(-c5ccc6c(c5)sc5cc(C#N)ccc56)cc4)cc3)ccc12. The van der Waals surface area contributed by atoms with E-state index in [1.807, 2.05) is 30.3 Å². The van der Waals surface area contributed by atoms with E-state index in [4.69, 9.17) is 6.57 Å². The number of nitrogens with zero attached hydrogens (tertiary/aromatic N) is 3. The minimum Gasteiger partial charge on any atom is -0.311 e. The second-order valence-corrected chi connectivity index (χ2v) is 14.2. The summed E-state index contributed by atoms with van der Waals surface area (Å²) in [5.74, 6) is 0. The van der Waals surface area contributed by atoms with Gasteiger partial charge in [-0.25, -0.2) is 4.85 Å². The summed E-state index contributed by atoms with van der Waals surface area (Å²) in [5, 5.41) is 14.2. The third-order valence-corrected chi connectivity index (χ3v) is 11.4. The van der Waals surface area contributed by atoms with Crippen molar-refractivity contribution in [3.63, 3.8) is 0 Å². The van der Waals surface area contributed by atoms with Crippen LogP contribution in [0.2, 0.25) is 0 Å². The van der Waals surface area contributed by atoms with Crippen LogP contribution in [0.4, 0.5) is 22.7 Å². The highest BCUT2D eigenvalue weighted by Gasteiger charge is 2.14. The van der Waals surface area contributed by atoms with Crippen molar-refractivity contribution in [1.29, 1.82) is 5.26 Å². The quantitative estimate of drug-likeness (QED) is 0.172. The van der Waals surface area contributed by atoms with Gasteiger partial charge in [0.2, 0.25) is 0 Å². The molecule has 0 bridgehead atoms.